The number of ether oxygens (including phenoxy) is 2. The number of fused-ring (bicyclic) bond motifs is 1. The molecule has 1 saturated heterocycles. The van der Waals surface area contributed by atoms with E-state index in [0.29, 0.717) is 34.6 Å². The summed E-state index contributed by atoms with van der Waals surface area (Å²) in [5.74, 6) is 0.865. The van der Waals surface area contributed by atoms with Crippen molar-refractivity contribution in [2.45, 2.75) is 13.0 Å². The zero-order valence-electron chi connectivity index (χ0n) is 17.5. The van der Waals surface area contributed by atoms with Crippen LogP contribution < -0.4 is 14.4 Å². The minimum atomic E-state index is -0.465. The molecule has 0 unspecified atom stereocenters. The van der Waals surface area contributed by atoms with Gasteiger partial charge in [-0.3, -0.25) is 9.59 Å². The van der Waals surface area contributed by atoms with E-state index in [9.17, 15) is 9.59 Å². The van der Waals surface area contributed by atoms with E-state index in [4.69, 9.17) is 21.1 Å². The van der Waals surface area contributed by atoms with Crippen LogP contribution in [0.1, 0.15) is 12.2 Å². The summed E-state index contributed by atoms with van der Waals surface area (Å²) in [5, 5.41) is 0.364. The van der Waals surface area contributed by atoms with Gasteiger partial charge in [0.2, 0.25) is 11.8 Å². The molecule has 3 aromatic rings. The van der Waals surface area contributed by atoms with Crippen molar-refractivity contribution in [2.24, 2.45) is 5.92 Å². The van der Waals surface area contributed by atoms with Gasteiger partial charge < -0.3 is 24.3 Å². The van der Waals surface area contributed by atoms with Crippen LogP contribution in [0.5, 0.6) is 11.5 Å². The maximum absolute atomic E-state index is 13.0. The van der Waals surface area contributed by atoms with Crippen LogP contribution in [0.15, 0.2) is 36.4 Å². The Morgan fingerprint density at radius 2 is 2.00 bits per heavy atom. The van der Waals surface area contributed by atoms with E-state index in [2.05, 4.69) is 9.97 Å². The van der Waals surface area contributed by atoms with Gasteiger partial charge in [0.25, 0.3) is 0 Å². The van der Waals surface area contributed by atoms with E-state index in [0.717, 1.165) is 11.0 Å². The number of hydrogen-bond acceptors (Lipinski definition) is 5. The van der Waals surface area contributed by atoms with Gasteiger partial charge >= 0.3 is 0 Å². The number of methoxy groups -OCH3 is 2. The highest BCUT2D eigenvalue weighted by Gasteiger charge is 2.38. The van der Waals surface area contributed by atoms with E-state index in [1.165, 1.54) is 14.2 Å². The smallest absolute Gasteiger partial charge is 0.228 e. The average Bonchev–Trinajstić information content (AvgIpc) is 3.35. The maximum atomic E-state index is 13.0. The summed E-state index contributed by atoms with van der Waals surface area (Å²) in [7, 11) is 4.73. The minimum Gasteiger partial charge on any atom is -0.495 e. The van der Waals surface area contributed by atoms with E-state index in [1.807, 2.05) is 24.3 Å². The second-order valence-electron chi connectivity index (χ2n) is 7.46. The highest BCUT2D eigenvalue weighted by atomic mass is 35.5. The molecule has 4 rings (SSSR count). The Bertz CT molecular complexity index is 1110. The number of carbonyl (C=O) groups excluding carboxylic acids is 2. The maximum Gasteiger partial charge on any atom is 0.228 e. The molecular weight excluding hydrogens is 420 g/mol. The first-order valence-electron chi connectivity index (χ1n) is 9.81. The van der Waals surface area contributed by atoms with Crippen LogP contribution in [0.2, 0.25) is 5.02 Å². The standard InChI is InChI=1S/C22H23ClN4O4/c1-26(12-20-24-15-6-4-5-7-16(15)25-20)22(29)13-8-21(28)27(11-13)17-9-14(23)18(30-2)10-19(17)31-3/h4-7,9-10,13H,8,11-12H2,1-3H3,(H,24,25)/t13-/m1/s1. The predicted octanol–water partition coefficient (Wildman–Crippen LogP) is 3.25. The summed E-state index contributed by atoms with van der Waals surface area (Å²) >= 11 is 6.25. The lowest BCUT2D eigenvalue weighted by atomic mass is 10.1. The molecule has 0 spiro atoms. The number of nitrogens with one attached hydrogen (secondary N) is 1. The molecule has 1 aliphatic heterocycles. The Kier molecular flexibility index (Phi) is 5.73. The fourth-order valence-corrected chi connectivity index (χ4v) is 4.09. The second-order valence-corrected chi connectivity index (χ2v) is 7.87. The van der Waals surface area contributed by atoms with Crippen LogP contribution in [0.3, 0.4) is 0 Å². The van der Waals surface area contributed by atoms with Gasteiger partial charge in [0.05, 0.1) is 48.4 Å². The summed E-state index contributed by atoms with van der Waals surface area (Å²) in [4.78, 5) is 36.6. The van der Waals surface area contributed by atoms with E-state index < -0.39 is 5.92 Å². The van der Waals surface area contributed by atoms with Crippen molar-refractivity contribution in [3.05, 3.63) is 47.2 Å². The first-order chi connectivity index (χ1) is 14.9. The van der Waals surface area contributed by atoms with Crippen LogP contribution in [0.25, 0.3) is 11.0 Å². The summed E-state index contributed by atoms with van der Waals surface area (Å²) in [6.07, 6.45) is 0.121. The number of nitrogens with zero attached hydrogens (tertiary/aromatic N) is 3. The number of amides is 2. The van der Waals surface area contributed by atoms with Gasteiger partial charge in [0, 0.05) is 26.1 Å². The molecule has 2 heterocycles. The zero-order valence-corrected chi connectivity index (χ0v) is 18.3. The van der Waals surface area contributed by atoms with Crippen LogP contribution in [0.4, 0.5) is 5.69 Å². The van der Waals surface area contributed by atoms with E-state index in [-0.39, 0.29) is 24.8 Å². The van der Waals surface area contributed by atoms with Crippen molar-refractivity contribution < 1.29 is 19.1 Å². The Morgan fingerprint density at radius 3 is 2.71 bits per heavy atom. The highest BCUT2D eigenvalue weighted by Crippen LogP contribution is 2.40. The van der Waals surface area contributed by atoms with Gasteiger partial charge in [-0.1, -0.05) is 23.7 Å². The molecule has 162 valence electrons. The number of H-pyrrole nitrogens is 1. The van der Waals surface area contributed by atoms with Crippen molar-refractivity contribution >= 4 is 40.1 Å². The Hall–Kier alpha value is -3.26. The lowest BCUT2D eigenvalue weighted by molar-refractivity contribution is -0.135. The number of aromatic amines is 1. The monoisotopic (exact) mass is 442 g/mol. The molecule has 1 aliphatic rings. The number of halogens is 1. The normalized spacial score (nSPS) is 16.1. The number of imidazole rings is 1. The largest absolute Gasteiger partial charge is 0.495 e. The lowest BCUT2D eigenvalue weighted by Crippen LogP contribution is -2.34. The van der Waals surface area contributed by atoms with Crippen LogP contribution >= 0.6 is 11.6 Å². The molecular formula is C22H23ClN4O4. The quantitative estimate of drug-likeness (QED) is 0.633. The molecule has 31 heavy (non-hydrogen) atoms. The SMILES string of the molecule is COc1cc(OC)c(N2C[C@H](C(=O)N(C)Cc3nc4ccccc4[nH]3)CC2=O)cc1Cl. The van der Waals surface area contributed by atoms with E-state index in [1.54, 1.807) is 29.0 Å². The third-order valence-corrected chi connectivity index (χ3v) is 5.72. The summed E-state index contributed by atoms with van der Waals surface area (Å²) in [5.41, 5.74) is 2.29. The topological polar surface area (TPSA) is 87.8 Å². The number of anilines is 1. The Labute approximate surface area is 184 Å². The average molecular weight is 443 g/mol. The number of benzene rings is 2. The van der Waals surface area contributed by atoms with Crippen LogP contribution in [-0.4, -0.2) is 54.5 Å². The molecule has 0 aliphatic carbocycles. The van der Waals surface area contributed by atoms with Gasteiger partial charge in [0.1, 0.15) is 17.3 Å². The summed E-state index contributed by atoms with van der Waals surface area (Å²) in [6.45, 7) is 0.580. The number of hydrogen-bond donors (Lipinski definition) is 1. The molecule has 1 fully saturated rings. The fraction of sp³-hybridized carbons (Fsp3) is 0.318. The second kappa shape index (κ2) is 8.47. The molecule has 0 bridgehead atoms. The van der Waals surface area contributed by atoms with E-state index >= 15 is 0 Å². The fourth-order valence-electron chi connectivity index (χ4n) is 3.86. The van der Waals surface area contributed by atoms with Crippen molar-refractivity contribution in [1.29, 1.82) is 0 Å². The molecule has 1 aromatic heterocycles. The van der Waals surface area contributed by atoms with Crippen LogP contribution in [-0.2, 0) is 16.1 Å². The van der Waals surface area contributed by atoms with Crippen molar-refractivity contribution in [1.82, 2.24) is 14.9 Å². The molecule has 9 heteroatoms. The minimum absolute atomic E-state index is 0.116. The third kappa shape index (κ3) is 4.03. The molecule has 2 amide bonds. The first-order valence-corrected chi connectivity index (χ1v) is 10.2. The van der Waals surface area contributed by atoms with Crippen molar-refractivity contribution in [3.8, 4) is 11.5 Å². The number of para-hydroxylation sites is 2. The Balaban J connectivity index is 1.49. The zero-order chi connectivity index (χ0) is 22.1. The summed E-state index contributed by atoms with van der Waals surface area (Å²) in [6, 6.07) is 11.0. The molecule has 0 saturated carbocycles. The summed E-state index contributed by atoms with van der Waals surface area (Å²) < 4.78 is 10.6. The van der Waals surface area contributed by atoms with Gasteiger partial charge in [-0.25, -0.2) is 4.98 Å². The third-order valence-electron chi connectivity index (χ3n) is 5.42. The van der Waals surface area contributed by atoms with Gasteiger partial charge in [-0.2, -0.15) is 0 Å². The highest BCUT2D eigenvalue weighted by molar-refractivity contribution is 6.32. The van der Waals surface area contributed by atoms with Gasteiger partial charge in [-0.05, 0) is 18.2 Å². The Morgan fingerprint density at radius 1 is 1.26 bits per heavy atom. The number of rotatable bonds is 6. The molecule has 0 radical (unpaired) electrons. The lowest BCUT2D eigenvalue weighted by Gasteiger charge is -2.22. The molecule has 1 atom stereocenters. The number of carbonyl (C=O) groups is 2. The van der Waals surface area contributed by atoms with Crippen molar-refractivity contribution in [2.75, 3.05) is 32.7 Å². The molecule has 1 N–H and O–H groups in total. The predicted molar refractivity (Wildman–Crippen MR) is 118 cm³/mol. The molecule has 2 aromatic carbocycles. The number of aromatic nitrogens is 2. The first kappa shape index (κ1) is 21.0. The van der Waals surface area contributed by atoms with Gasteiger partial charge in [-0.15, -0.1) is 0 Å². The molecule has 8 nitrogen and oxygen atoms in total. The van der Waals surface area contributed by atoms with Crippen molar-refractivity contribution in [3.63, 3.8) is 0 Å². The van der Waals surface area contributed by atoms with Gasteiger partial charge in [0.15, 0.2) is 0 Å². The van der Waals surface area contributed by atoms with Crippen LogP contribution in [0, 0.1) is 5.92 Å².